The van der Waals surface area contributed by atoms with Gasteiger partial charge in [-0.2, -0.15) is 0 Å². The van der Waals surface area contributed by atoms with Crippen LogP contribution in [0.15, 0.2) is 126 Å². The maximum absolute atomic E-state index is 11.3. The Balaban J connectivity index is 1.32. The van der Waals surface area contributed by atoms with Gasteiger partial charge < -0.3 is 21.1 Å². The zero-order valence-corrected chi connectivity index (χ0v) is 31.0. The number of thioether (sulfide) groups is 1. The smallest absolute Gasteiger partial charge is 0.123 e. The molecule has 0 aliphatic rings. The average molecular weight is 672 g/mol. The predicted molar refractivity (Wildman–Crippen MR) is 213 cm³/mol. The lowest BCUT2D eigenvalue weighted by molar-refractivity contribution is 0.368. The van der Waals surface area contributed by atoms with Crippen LogP contribution in [-0.4, -0.2) is 17.4 Å². The van der Waals surface area contributed by atoms with Crippen LogP contribution in [0.2, 0.25) is 0 Å². The van der Waals surface area contributed by atoms with E-state index in [-0.39, 0.29) is 16.2 Å². The van der Waals surface area contributed by atoms with E-state index in [1.807, 2.05) is 48.2 Å². The van der Waals surface area contributed by atoms with Gasteiger partial charge in [0.1, 0.15) is 5.75 Å². The lowest BCUT2D eigenvalue weighted by Gasteiger charge is -2.32. The number of anilines is 5. The van der Waals surface area contributed by atoms with Crippen molar-refractivity contribution in [3.63, 3.8) is 0 Å². The second-order valence-electron chi connectivity index (χ2n) is 15.6. The van der Waals surface area contributed by atoms with E-state index in [1.54, 1.807) is 0 Å². The molecule has 0 bridgehead atoms. The summed E-state index contributed by atoms with van der Waals surface area (Å²) in [4.78, 5) is 1.21. The van der Waals surface area contributed by atoms with Gasteiger partial charge in [0.25, 0.3) is 0 Å². The summed E-state index contributed by atoms with van der Waals surface area (Å²) in [6, 6.07) is 42.4. The molecule has 0 heterocycles. The number of benzene rings is 5. The third-order valence-electron chi connectivity index (χ3n) is 8.99. The van der Waals surface area contributed by atoms with Crippen LogP contribution in [0, 0.1) is 5.41 Å². The van der Waals surface area contributed by atoms with E-state index >= 15 is 0 Å². The van der Waals surface area contributed by atoms with Crippen molar-refractivity contribution < 1.29 is 5.11 Å². The van der Waals surface area contributed by atoms with Crippen molar-refractivity contribution in [3.8, 4) is 5.75 Å². The first-order valence-electron chi connectivity index (χ1n) is 17.4. The highest BCUT2D eigenvalue weighted by Gasteiger charge is 2.29. The Labute approximate surface area is 298 Å². The number of aromatic hydroxyl groups is 1. The van der Waals surface area contributed by atoms with E-state index in [2.05, 4.69) is 149 Å². The second kappa shape index (κ2) is 15.5. The third kappa shape index (κ3) is 10.3. The summed E-state index contributed by atoms with van der Waals surface area (Å²) in [5, 5.41) is 22.1. The first-order chi connectivity index (χ1) is 23.3. The molecule has 4 N–H and O–H groups in total. The molecular weight excluding hydrogens is 619 g/mol. The maximum Gasteiger partial charge on any atom is 0.123 e. The molecule has 0 aliphatic carbocycles. The van der Waals surface area contributed by atoms with Crippen molar-refractivity contribution in [2.24, 2.45) is 5.41 Å². The van der Waals surface area contributed by atoms with E-state index < -0.39 is 0 Å². The molecule has 0 spiro atoms. The zero-order valence-electron chi connectivity index (χ0n) is 30.2. The van der Waals surface area contributed by atoms with Gasteiger partial charge in [-0.25, -0.2) is 0 Å². The van der Waals surface area contributed by atoms with Gasteiger partial charge in [-0.3, -0.25) is 0 Å². The molecule has 1 unspecified atom stereocenters. The highest BCUT2D eigenvalue weighted by atomic mass is 32.2. The largest absolute Gasteiger partial charge is 0.507 e. The van der Waals surface area contributed by atoms with Crippen molar-refractivity contribution in [1.29, 1.82) is 0 Å². The number of hydrogen-bond donors (Lipinski definition) is 4. The summed E-state index contributed by atoms with van der Waals surface area (Å²) in [6.07, 6.45) is 2.02. The molecule has 0 saturated carbocycles. The normalized spacial score (nSPS) is 13.0. The molecule has 49 heavy (non-hydrogen) atoms. The Morgan fingerprint density at radius 2 is 0.980 bits per heavy atom. The number of aryl methyl sites for hydroxylation is 1. The monoisotopic (exact) mass is 671 g/mol. The lowest BCUT2D eigenvalue weighted by Crippen LogP contribution is -2.30. The van der Waals surface area contributed by atoms with Crippen LogP contribution in [0.3, 0.4) is 0 Å². The molecule has 4 nitrogen and oxygen atoms in total. The van der Waals surface area contributed by atoms with Crippen LogP contribution in [0.25, 0.3) is 0 Å². The Morgan fingerprint density at radius 1 is 0.551 bits per heavy atom. The van der Waals surface area contributed by atoms with Gasteiger partial charge >= 0.3 is 0 Å². The van der Waals surface area contributed by atoms with Gasteiger partial charge in [0.15, 0.2) is 0 Å². The minimum Gasteiger partial charge on any atom is -0.507 e. The summed E-state index contributed by atoms with van der Waals surface area (Å²) in [7, 11) is 0. The molecular formula is C44H53N3OS. The van der Waals surface area contributed by atoms with Gasteiger partial charge in [-0.15, -0.1) is 11.8 Å². The van der Waals surface area contributed by atoms with Gasteiger partial charge in [0, 0.05) is 56.8 Å². The Kier molecular flexibility index (Phi) is 11.3. The number of nitrogens with one attached hydrogen (secondary N) is 3. The standard InChI is InChI=1S/C44H53N3OS/c1-42(2,3)39-28-38(29-40(41(39)48)43(4,5)6)49-31-44(7,27-26-32-18-20-36(21-19-32)46-34-14-10-8-11-15-34)30-45-33-22-24-37(25-23-33)47-35-16-12-9-13-17-35/h8-25,28-29,45-48H,26-27,30-31H2,1-7H3. The minimum atomic E-state index is -0.158. The molecule has 0 aliphatic heterocycles. The van der Waals surface area contributed by atoms with E-state index in [4.69, 9.17) is 0 Å². The van der Waals surface area contributed by atoms with Crippen LogP contribution < -0.4 is 16.0 Å². The molecule has 5 rings (SSSR count). The predicted octanol–water partition coefficient (Wildman–Crippen LogP) is 12.3. The van der Waals surface area contributed by atoms with Crippen LogP contribution in [0.4, 0.5) is 28.4 Å². The maximum atomic E-state index is 11.3. The summed E-state index contributed by atoms with van der Waals surface area (Å²) >= 11 is 1.90. The van der Waals surface area contributed by atoms with Gasteiger partial charge in [0.2, 0.25) is 0 Å². The van der Waals surface area contributed by atoms with E-state index in [0.29, 0.717) is 5.75 Å². The highest BCUT2D eigenvalue weighted by Crippen LogP contribution is 2.43. The van der Waals surface area contributed by atoms with Crippen molar-refractivity contribution in [3.05, 3.63) is 138 Å². The molecule has 0 saturated heterocycles. The molecule has 5 heteroatoms. The SMILES string of the molecule is CC(CCc1ccc(Nc2ccccc2)cc1)(CNc1ccc(Nc2ccccc2)cc1)CSc1cc(C(C)(C)C)c(O)c(C(C)(C)C)c1. The number of phenolic OH excluding ortho intramolecular Hbond substituents is 1. The first kappa shape index (κ1) is 35.9. The van der Waals surface area contributed by atoms with Crippen molar-refractivity contribution >= 4 is 40.2 Å². The van der Waals surface area contributed by atoms with E-state index in [9.17, 15) is 5.11 Å². The fourth-order valence-corrected chi connectivity index (χ4v) is 7.03. The lowest BCUT2D eigenvalue weighted by atomic mass is 9.79. The molecule has 1 atom stereocenters. The number of hydrogen-bond acceptors (Lipinski definition) is 5. The first-order valence-corrected chi connectivity index (χ1v) is 18.3. The Hall–Kier alpha value is -4.35. The van der Waals surface area contributed by atoms with Crippen LogP contribution >= 0.6 is 11.8 Å². The third-order valence-corrected chi connectivity index (χ3v) is 10.4. The van der Waals surface area contributed by atoms with Crippen LogP contribution in [-0.2, 0) is 17.3 Å². The molecule has 0 amide bonds. The molecule has 0 fully saturated rings. The minimum absolute atomic E-state index is 0.00569. The topological polar surface area (TPSA) is 56.3 Å². The fraction of sp³-hybridized carbons (Fsp3) is 0.318. The fourth-order valence-electron chi connectivity index (χ4n) is 5.87. The Bertz CT molecular complexity index is 1650. The number of rotatable bonds is 13. The molecule has 5 aromatic rings. The van der Waals surface area contributed by atoms with Gasteiger partial charge in [0.05, 0.1) is 0 Å². The molecule has 5 aromatic carbocycles. The highest BCUT2D eigenvalue weighted by molar-refractivity contribution is 7.99. The van der Waals surface area contributed by atoms with Crippen LogP contribution in [0.5, 0.6) is 5.75 Å². The Morgan fingerprint density at radius 3 is 1.45 bits per heavy atom. The second-order valence-corrected chi connectivity index (χ2v) is 16.6. The van der Waals surface area contributed by atoms with E-state index in [0.717, 1.165) is 64.7 Å². The van der Waals surface area contributed by atoms with Crippen molar-refractivity contribution in [2.45, 2.75) is 77.0 Å². The summed E-state index contributed by atoms with van der Waals surface area (Å²) in [6.45, 7) is 16.3. The van der Waals surface area contributed by atoms with Crippen molar-refractivity contribution in [1.82, 2.24) is 0 Å². The molecule has 0 radical (unpaired) electrons. The van der Waals surface area contributed by atoms with E-state index in [1.165, 1.54) is 10.5 Å². The summed E-state index contributed by atoms with van der Waals surface area (Å²) in [5.74, 6) is 1.38. The van der Waals surface area contributed by atoms with Gasteiger partial charge in [-0.05, 0) is 107 Å². The summed E-state index contributed by atoms with van der Waals surface area (Å²) in [5.41, 5.74) is 8.47. The zero-order chi connectivity index (χ0) is 35.1. The quantitative estimate of drug-likeness (QED) is 0.0939. The average Bonchev–Trinajstić information content (AvgIpc) is 3.07. The van der Waals surface area contributed by atoms with Gasteiger partial charge in [-0.1, -0.05) is 97.0 Å². The molecule has 0 aromatic heterocycles. The molecule has 256 valence electrons. The van der Waals surface area contributed by atoms with Crippen LogP contribution in [0.1, 0.15) is 71.6 Å². The van der Waals surface area contributed by atoms with Crippen molar-refractivity contribution in [2.75, 3.05) is 28.2 Å². The number of para-hydroxylation sites is 2. The number of phenols is 1. The summed E-state index contributed by atoms with van der Waals surface area (Å²) < 4.78 is 0.